The van der Waals surface area contributed by atoms with Crippen molar-refractivity contribution in [2.24, 2.45) is 0 Å². The van der Waals surface area contributed by atoms with Crippen LogP contribution < -0.4 is 5.32 Å². The highest BCUT2D eigenvalue weighted by atomic mass is 16.5. The number of nitrogens with zero attached hydrogens (tertiary/aromatic N) is 3. The van der Waals surface area contributed by atoms with Crippen LogP contribution in [0.1, 0.15) is 12.8 Å². The normalized spacial score (nSPS) is 10.4. The van der Waals surface area contributed by atoms with Gasteiger partial charge in [0.1, 0.15) is 0 Å². The SMILES string of the molecule is CCN(CCO)C(=O)Nc1cccc(-c2noc(C)n2)c1. The number of nitrogens with one attached hydrogen (secondary N) is 1. The zero-order valence-electron chi connectivity index (χ0n) is 12.0. The fourth-order valence-corrected chi connectivity index (χ4v) is 1.88. The van der Waals surface area contributed by atoms with Crippen LogP contribution >= 0.6 is 0 Å². The summed E-state index contributed by atoms with van der Waals surface area (Å²) in [4.78, 5) is 17.7. The van der Waals surface area contributed by atoms with Gasteiger partial charge in [-0.15, -0.1) is 0 Å². The number of benzene rings is 1. The van der Waals surface area contributed by atoms with E-state index in [0.29, 0.717) is 30.5 Å². The molecule has 0 unspecified atom stereocenters. The Morgan fingerprint density at radius 1 is 1.48 bits per heavy atom. The Kier molecular flexibility index (Phi) is 4.89. The Labute approximate surface area is 122 Å². The molecular formula is C14H18N4O3. The number of likely N-dealkylation sites (N-methyl/N-ethyl adjacent to an activating group) is 1. The number of carbonyl (C=O) groups is 1. The monoisotopic (exact) mass is 290 g/mol. The van der Waals surface area contributed by atoms with Crippen LogP contribution in [0.3, 0.4) is 0 Å². The molecule has 112 valence electrons. The summed E-state index contributed by atoms with van der Waals surface area (Å²) in [5.41, 5.74) is 1.39. The summed E-state index contributed by atoms with van der Waals surface area (Å²) in [7, 11) is 0. The second kappa shape index (κ2) is 6.85. The molecule has 0 spiro atoms. The minimum Gasteiger partial charge on any atom is -0.395 e. The van der Waals surface area contributed by atoms with Gasteiger partial charge in [-0.1, -0.05) is 17.3 Å². The number of aliphatic hydroxyl groups is 1. The lowest BCUT2D eigenvalue weighted by Gasteiger charge is -2.20. The van der Waals surface area contributed by atoms with E-state index in [1.807, 2.05) is 13.0 Å². The summed E-state index contributed by atoms with van der Waals surface area (Å²) in [6.45, 7) is 4.33. The van der Waals surface area contributed by atoms with E-state index in [1.54, 1.807) is 25.1 Å². The quantitative estimate of drug-likeness (QED) is 0.877. The smallest absolute Gasteiger partial charge is 0.321 e. The summed E-state index contributed by atoms with van der Waals surface area (Å²) in [5.74, 6) is 0.964. The van der Waals surface area contributed by atoms with Gasteiger partial charge in [0.05, 0.1) is 6.61 Å². The molecule has 2 amide bonds. The van der Waals surface area contributed by atoms with Gasteiger partial charge in [-0.3, -0.25) is 0 Å². The number of aromatic nitrogens is 2. The molecule has 21 heavy (non-hydrogen) atoms. The molecule has 2 N–H and O–H groups in total. The third-order valence-electron chi connectivity index (χ3n) is 2.94. The molecule has 0 saturated heterocycles. The minimum absolute atomic E-state index is 0.0660. The highest BCUT2D eigenvalue weighted by molar-refractivity contribution is 5.90. The van der Waals surface area contributed by atoms with Crippen molar-refractivity contribution < 1.29 is 14.4 Å². The number of hydrogen-bond acceptors (Lipinski definition) is 5. The lowest BCUT2D eigenvalue weighted by Crippen LogP contribution is -2.36. The molecule has 2 aromatic rings. The molecule has 0 radical (unpaired) electrons. The first kappa shape index (κ1) is 15.0. The molecule has 1 aromatic heterocycles. The predicted molar refractivity (Wildman–Crippen MR) is 77.8 cm³/mol. The first-order valence-electron chi connectivity index (χ1n) is 6.71. The van der Waals surface area contributed by atoms with Gasteiger partial charge >= 0.3 is 6.03 Å². The topological polar surface area (TPSA) is 91.5 Å². The van der Waals surface area contributed by atoms with E-state index in [2.05, 4.69) is 15.5 Å². The van der Waals surface area contributed by atoms with Crippen molar-refractivity contribution in [1.82, 2.24) is 15.0 Å². The number of aliphatic hydroxyl groups excluding tert-OH is 1. The lowest BCUT2D eigenvalue weighted by molar-refractivity contribution is 0.192. The maximum absolute atomic E-state index is 12.0. The molecular weight excluding hydrogens is 272 g/mol. The van der Waals surface area contributed by atoms with Crippen molar-refractivity contribution in [3.05, 3.63) is 30.2 Å². The van der Waals surface area contributed by atoms with Crippen LogP contribution in [0.5, 0.6) is 0 Å². The first-order valence-corrected chi connectivity index (χ1v) is 6.71. The molecule has 7 nitrogen and oxygen atoms in total. The molecule has 0 aliphatic heterocycles. The highest BCUT2D eigenvalue weighted by Gasteiger charge is 2.12. The zero-order valence-corrected chi connectivity index (χ0v) is 12.0. The van der Waals surface area contributed by atoms with Gasteiger partial charge in [-0.2, -0.15) is 4.98 Å². The second-order valence-electron chi connectivity index (χ2n) is 4.45. The highest BCUT2D eigenvalue weighted by Crippen LogP contribution is 2.20. The van der Waals surface area contributed by atoms with Gasteiger partial charge in [-0.05, 0) is 19.1 Å². The van der Waals surface area contributed by atoms with Crippen molar-refractivity contribution in [3.8, 4) is 11.4 Å². The van der Waals surface area contributed by atoms with Crippen molar-refractivity contribution in [2.45, 2.75) is 13.8 Å². The standard InChI is InChI=1S/C14H18N4O3/c1-3-18(7-8-19)14(20)16-12-6-4-5-11(9-12)13-15-10(2)21-17-13/h4-6,9,19H,3,7-8H2,1-2H3,(H,16,20). The lowest BCUT2D eigenvalue weighted by atomic mass is 10.2. The van der Waals surface area contributed by atoms with Gasteiger partial charge in [0, 0.05) is 31.3 Å². The van der Waals surface area contributed by atoms with Gasteiger partial charge in [0.15, 0.2) is 0 Å². The molecule has 1 heterocycles. The van der Waals surface area contributed by atoms with Crippen LogP contribution in [0.2, 0.25) is 0 Å². The van der Waals surface area contributed by atoms with Crippen LogP contribution in [0.4, 0.5) is 10.5 Å². The Morgan fingerprint density at radius 3 is 2.90 bits per heavy atom. The Hall–Kier alpha value is -2.41. The molecule has 0 aliphatic rings. The number of rotatable bonds is 5. The van der Waals surface area contributed by atoms with Crippen LogP contribution in [0.25, 0.3) is 11.4 Å². The van der Waals surface area contributed by atoms with Crippen LogP contribution in [-0.2, 0) is 0 Å². The van der Waals surface area contributed by atoms with E-state index < -0.39 is 0 Å². The van der Waals surface area contributed by atoms with Crippen LogP contribution in [0.15, 0.2) is 28.8 Å². The minimum atomic E-state index is -0.256. The van der Waals surface area contributed by atoms with Gasteiger partial charge < -0.3 is 19.8 Å². The molecule has 0 saturated carbocycles. The van der Waals surface area contributed by atoms with Gasteiger partial charge in [-0.25, -0.2) is 4.79 Å². The van der Waals surface area contributed by atoms with E-state index in [9.17, 15) is 4.79 Å². The second-order valence-corrected chi connectivity index (χ2v) is 4.45. The number of anilines is 1. The number of urea groups is 1. The maximum atomic E-state index is 12.0. The molecule has 1 aromatic carbocycles. The Bertz CT molecular complexity index is 612. The molecule has 0 atom stereocenters. The van der Waals surface area contributed by atoms with Gasteiger partial charge in [0.25, 0.3) is 0 Å². The Balaban J connectivity index is 2.12. The Morgan fingerprint density at radius 2 is 2.29 bits per heavy atom. The molecule has 0 fully saturated rings. The van der Waals surface area contributed by atoms with E-state index in [4.69, 9.17) is 9.63 Å². The average molecular weight is 290 g/mol. The summed E-state index contributed by atoms with van der Waals surface area (Å²) < 4.78 is 4.94. The van der Waals surface area contributed by atoms with Crippen molar-refractivity contribution in [2.75, 3.05) is 25.0 Å². The largest absolute Gasteiger partial charge is 0.395 e. The fraction of sp³-hybridized carbons (Fsp3) is 0.357. The summed E-state index contributed by atoms with van der Waals surface area (Å²) in [6, 6.07) is 6.94. The first-order chi connectivity index (χ1) is 10.1. The van der Waals surface area contributed by atoms with Gasteiger partial charge in [0.2, 0.25) is 11.7 Å². The number of carbonyl (C=O) groups excluding carboxylic acids is 1. The third kappa shape index (κ3) is 3.79. The number of hydrogen-bond donors (Lipinski definition) is 2. The van der Waals surface area contributed by atoms with E-state index in [-0.39, 0.29) is 12.6 Å². The number of aryl methyl sites for hydroxylation is 1. The number of amides is 2. The summed E-state index contributed by atoms with van der Waals surface area (Å²) in [5, 5.41) is 15.6. The van der Waals surface area contributed by atoms with Crippen LogP contribution in [-0.4, -0.2) is 45.9 Å². The van der Waals surface area contributed by atoms with Crippen molar-refractivity contribution in [1.29, 1.82) is 0 Å². The van der Waals surface area contributed by atoms with Crippen molar-refractivity contribution >= 4 is 11.7 Å². The molecule has 2 rings (SSSR count). The van der Waals surface area contributed by atoms with Crippen molar-refractivity contribution in [3.63, 3.8) is 0 Å². The molecule has 0 aliphatic carbocycles. The van der Waals surface area contributed by atoms with E-state index in [1.165, 1.54) is 4.90 Å². The maximum Gasteiger partial charge on any atom is 0.321 e. The van der Waals surface area contributed by atoms with Crippen LogP contribution in [0, 0.1) is 6.92 Å². The fourth-order valence-electron chi connectivity index (χ4n) is 1.88. The third-order valence-corrected chi connectivity index (χ3v) is 2.94. The molecule has 0 bridgehead atoms. The summed E-state index contributed by atoms with van der Waals surface area (Å²) >= 11 is 0. The predicted octanol–water partition coefficient (Wildman–Crippen LogP) is 1.89. The molecule has 7 heteroatoms. The van der Waals surface area contributed by atoms with E-state index in [0.717, 1.165) is 5.56 Å². The van der Waals surface area contributed by atoms with E-state index >= 15 is 0 Å². The zero-order chi connectivity index (χ0) is 15.2. The summed E-state index contributed by atoms with van der Waals surface area (Å²) in [6.07, 6.45) is 0. The average Bonchev–Trinajstić information content (AvgIpc) is 2.91.